The van der Waals surface area contributed by atoms with Gasteiger partial charge in [0.1, 0.15) is 5.69 Å². The maximum Gasteiger partial charge on any atom is 0.294 e. The van der Waals surface area contributed by atoms with E-state index in [1.54, 1.807) is 29.1 Å². The number of benzene rings is 1. The van der Waals surface area contributed by atoms with Crippen LogP contribution in [-0.4, -0.2) is 64.6 Å². The van der Waals surface area contributed by atoms with E-state index in [1.165, 1.54) is 12.4 Å². The molecule has 2 heterocycles. The van der Waals surface area contributed by atoms with Crippen LogP contribution in [-0.2, 0) is 0 Å². The van der Waals surface area contributed by atoms with Gasteiger partial charge in [0.15, 0.2) is 0 Å². The van der Waals surface area contributed by atoms with Crippen LogP contribution in [0.5, 0.6) is 0 Å². The number of nitrogens with zero attached hydrogens (tertiary/aromatic N) is 4. The lowest BCUT2D eigenvalue weighted by Gasteiger charge is -2.27. The first kappa shape index (κ1) is 17.1. The number of carbonyl (C=O) groups is 1. The normalized spacial score (nSPS) is 15.0. The van der Waals surface area contributed by atoms with Gasteiger partial charge < -0.3 is 15.2 Å². The average Bonchev–Trinajstić information content (AvgIpc) is 3.16. The third-order valence-electron chi connectivity index (χ3n) is 4.14. The molecule has 0 aliphatic carbocycles. The van der Waals surface area contributed by atoms with Crippen LogP contribution in [0.3, 0.4) is 0 Å². The Morgan fingerprint density at radius 2 is 2.16 bits per heavy atom. The van der Waals surface area contributed by atoms with E-state index in [-0.39, 0.29) is 17.2 Å². The Kier molecular flexibility index (Phi) is 5.36. The van der Waals surface area contributed by atoms with Gasteiger partial charge >= 0.3 is 0 Å². The first-order valence-electron chi connectivity index (χ1n) is 8.13. The minimum absolute atomic E-state index is 0.132. The summed E-state index contributed by atoms with van der Waals surface area (Å²) in [5.41, 5.74) is 0.517. The number of rotatable bonds is 6. The van der Waals surface area contributed by atoms with Crippen LogP contribution < -0.4 is 10.6 Å². The molecule has 0 spiro atoms. The number of hydrogen-bond donors (Lipinski definition) is 2. The van der Waals surface area contributed by atoms with Crippen LogP contribution in [0.25, 0.3) is 5.69 Å². The molecule has 0 unspecified atom stereocenters. The fourth-order valence-electron chi connectivity index (χ4n) is 2.80. The van der Waals surface area contributed by atoms with Gasteiger partial charge in [0.25, 0.3) is 11.6 Å². The zero-order chi connectivity index (χ0) is 17.6. The number of nitro benzene ring substituents is 1. The zero-order valence-corrected chi connectivity index (χ0v) is 13.7. The summed E-state index contributed by atoms with van der Waals surface area (Å²) in [7, 11) is 0. The molecule has 0 saturated carbocycles. The molecule has 1 fully saturated rings. The van der Waals surface area contributed by atoms with E-state index >= 15 is 0 Å². The highest BCUT2D eigenvalue weighted by Crippen LogP contribution is 2.24. The lowest BCUT2D eigenvalue weighted by atomic mass is 10.1. The van der Waals surface area contributed by atoms with Crippen LogP contribution in [0.4, 0.5) is 5.69 Å². The highest BCUT2D eigenvalue weighted by Gasteiger charge is 2.19. The Balaban J connectivity index is 1.66. The van der Waals surface area contributed by atoms with Gasteiger partial charge in [-0.3, -0.25) is 19.8 Å². The van der Waals surface area contributed by atoms with Crippen LogP contribution in [0.1, 0.15) is 10.4 Å². The van der Waals surface area contributed by atoms with Gasteiger partial charge in [0, 0.05) is 63.3 Å². The number of nitrogens with one attached hydrogen (secondary N) is 2. The molecular weight excluding hydrogens is 324 g/mol. The van der Waals surface area contributed by atoms with Crippen LogP contribution in [0.15, 0.2) is 36.9 Å². The van der Waals surface area contributed by atoms with E-state index in [0.29, 0.717) is 12.2 Å². The van der Waals surface area contributed by atoms with E-state index in [9.17, 15) is 14.9 Å². The van der Waals surface area contributed by atoms with Gasteiger partial charge in [-0.05, 0) is 12.1 Å². The zero-order valence-electron chi connectivity index (χ0n) is 13.7. The van der Waals surface area contributed by atoms with E-state index < -0.39 is 4.92 Å². The van der Waals surface area contributed by atoms with Gasteiger partial charge in [0.05, 0.1) is 11.3 Å². The Morgan fingerprint density at radius 3 is 2.84 bits per heavy atom. The second kappa shape index (κ2) is 7.86. The third kappa shape index (κ3) is 4.20. The molecule has 1 amide bonds. The number of carbonyl (C=O) groups excluding carboxylic acids is 1. The summed E-state index contributed by atoms with van der Waals surface area (Å²) in [6, 6.07) is 4.45. The molecule has 1 aliphatic heterocycles. The minimum Gasteiger partial charge on any atom is -0.351 e. The van der Waals surface area contributed by atoms with Crippen molar-refractivity contribution < 1.29 is 9.72 Å². The second-order valence-electron chi connectivity index (χ2n) is 5.78. The van der Waals surface area contributed by atoms with Gasteiger partial charge in [-0.2, -0.15) is 0 Å². The number of aromatic nitrogens is 2. The molecular formula is C16H20N6O3. The number of piperazine rings is 1. The van der Waals surface area contributed by atoms with Crippen LogP contribution in [0.2, 0.25) is 0 Å². The molecule has 1 aliphatic rings. The van der Waals surface area contributed by atoms with Crippen molar-refractivity contribution in [1.29, 1.82) is 0 Å². The molecule has 25 heavy (non-hydrogen) atoms. The Labute approximate surface area is 144 Å². The molecule has 0 atom stereocenters. The fraction of sp³-hybridized carbons (Fsp3) is 0.375. The first-order chi connectivity index (χ1) is 12.1. The Hall–Kier alpha value is -2.78. The first-order valence-corrected chi connectivity index (χ1v) is 8.13. The van der Waals surface area contributed by atoms with Gasteiger partial charge in [-0.25, -0.2) is 4.98 Å². The number of hydrogen-bond acceptors (Lipinski definition) is 6. The van der Waals surface area contributed by atoms with Crippen molar-refractivity contribution in [3.05, 3.63) is 52.6 Å². The molecule has 1 aromatic carbocycles. The summed E-state index contributed by atoms with van der Waals surface area (Å²) >= 11 is 0. The summed E-state index contributed by atoms with van der Waals surface area (Å²) < 4.78 is 1.55. The van der Waals surface area contributed by atoms with Crippen molar-refractivity contribution in [2.45, 2.75) is 0 Å². The molecule has 2 aromatic rings. The highest BCUT2D eigenvalue weighted by molar-refractivity contribution is 5.95. The molecule has 9 heteroatoms. The molecule has 1 saturated heterocycles. The standard InChI is InChI=1S/C16H20N6O3/c23-16(19-6-9-20-7-3-17-4-8-20)13-1-2-14(15(11-13)22(24)25)21-10-5-18-12-21/h1-2,5,10-12,17H,3-4,6-9H2,(H,19,23). The van der Waals surface area contributed by atoms with Crippen molar-refractivity contribution in [2.75, 3.05) is 39.3 Å². The van der Waals surface area contributed by atoms with Crippen molar-refractivity contribution in [3.8, 4) is 5.69 Å². The number of imidazole rings is 1. The summed E-state index contributed by atoms with van der Waals surface area (Å²) in [6.45, 7) is 5.10. The maximum atomic E-state index is 12.3. The monoisotopic (exact) mass is 344 g/mol. The van der Waals surface area contributed by atoms with Crippen molar-refractivity contribution in [2.24, 2.45) is 0 Å². The molecule has 3 rings (SSSR count). The summed E-state index contributed by atoms with van der Waals surface area (Å²) in [6.07, 6.45) is 4.64. The smallest absolute Gasteiger partial charge is 0.294 e. The lowest BCUT2D eigenvalue weighted by Crippen LogP contribution is -2.46. The summed E-state index contributed by atoms with van der Waals surface area (Å²) in [5, 5.41) is 17.4. The van der Waals surface area contributed by atoms with Gasteiger partial charge in [0.2, 0.25) is 0 Å². The molecule has 1 aromatic heterocycles. The SMILES string of the molecule is O=C(NCCN1CCNCC1)c1ccc(-n2ccnc2)c([N+](=O)[O-])c1. The molecule has 2 N–H and O–H groups in total. The van der Waals surface area contributed by atoms with Gasteiger partial charge in [-0.15, -0.1) is 0 Å². The number of amides is 1. The fourth-order valence-corrected chi connectivity index (χ4v) is 2.80. The van der Waals surface area contributed by atoms with Crippen LogP contribution >= 0.6 is 0 Å². The topological polar surface area (TPSA) is 105 Å². The van der Waals surface area contributed by atoms with E-state index in [2.05, 4.69) is 20.5 Å². The van der Waals surface area contributed by atoms with E-state index in [0.717, 1.165) is 32.7 Å². The average molecular weight is 344 g/mol. The lowest BCUT2D eigenvalue weighted by molar-refractivity contribution is -0.384. The molecule has 132 valence electrons. The summed E-state index contributed by atoms with van der Waals surface area (Å²) in [5.74, 6) is -0.310. The van der Waals surface area contributed by atoms with Crippen LogP contribution in [0, 0.1) is 10.1 Å². The Bertz CT molecular complexity index is 740. The number of nitro groups is 1. The van der Waals surface area contributed by atoms with Gasteiger partial charge in [-0.1, -0.05) is 0 Å². The van der Waals surface area contributed by atoms with Crippen molar-refractivity contribution in [1.82, 2.24) is 25.1 Å². The van der Waals surface area contributed by atoms with E-state index in [4.69, 9.17) is 0 Å². The molecule has 0 bridgehead atoms. The quantitative estimate of drug-likeness (QED) is 0.581. The molecule has 0 radical (unpaired) electrons. The minimum atomic E-state index is -0.493. The predicted molar refractivity (Wildman–Crippen MR) is 91.9 cm³/mol. The van der Waals surface area contributed by atoms with Crippen molar-refractivity contribution in [3.63, 3.8) is 0 Å². The maximum absolute atomic E-state index is 12.3. The largest absolute Gasteiger partial charge is 0.351 e. The third-order valence-corrected chi connectivity index (χ3v) is 4.14. The predicted octanol–water partition coefficient (Wildman–Crippen LogP) is 0.416. The van der Waals surface area contributed by atoms with Crippen molar-refractivity contribution >= 4 is 11.6 Å². The van der Waals surface area contributed by atoms with E-state index in [1.807, 2.05) is 0 Å². The highest BCUT2D eigenvalue weighted by atomic mass is 16.6. The second-order valence-corrected chi connectivity index (χ2v) is 5.78. The Morgan fingerprint density at radius 1 is 1.36 bits per heavy atom. The molecule has 9 nitrogen and oxygen atoms in total. The summed E-state index contributed by atoms with van der Waals surface area (Å²) in [4.78, 5) is 29.3.